The van der Waals surface area contributed by atoms with Crippen LogP contribution >= 0.6 is 0 Å². The third-order valence-electron chi connectivity index (χ3n) is 2.39. The van der Waals surface area contributed by atoms with Crippen LogP contribution in [0.5, 0.6) is 0 Å². The Bertz CT molecular complexity index is 470. The van der Waals surface area contributed by atoms with E-state index in [9.17, 15) is 8.42 Å². The number of aliphatic hydroxyl groups is 2. The lowest BCUT2D eigenvalue weighted by atomic mass is 10.3. The zero-order valence-corrected chi connectivity index (χ0v) is 11.2. The van der Waals surface area contributed by atoms with Crippen LogP contribution in [0.3, 0.4) is 0 Å². The molecule has 0 aliphatic carbocycles. The van der Waals surface area contributed by atoms with Crippen molar-refractivity contribution in [2.75, 3.05) is 32.6 Å². The molecule has 0 bridgehead atoms. The maximum Gasteiger partial charge on any atom is 0.242 e. The van der Waals surface area contributed by atoms with E-state index in [1.807, 2.05) is 0 Å². The van der Waals surface area contributed by atoms with Gasteiger partial charge in [-0.25, -0.2) is 12.7 Å². The molecule has 7 heteroatoms. The van der Waals surface area contributed by atoms with Crippen LogP contribution < -0.4 is 5.32 Å². The number of sulfonamides is 1. The number of nitrogens with one attached hydrogen (secondary N) is 1. The van der Waals surface area contributed by atoms with Crippen LogP contribution in [0.2, 0.25) is 0 Å². The standard InChI is InChI=1S/C11H18N2O4S/c1-13(2)18(16,17)11-5-3-9(4-6-11)12-7-10(15)8-14/h3-6,10,12,14-15H,7-8H2,1-2H3. The van der Waals surface area contributed by atoms with Crippen molar-refractivity contribution >= 4 is 15.7 Å². The maximum absolute atomic E-state index is 11.8. The zero-order valence-electron chi connectivity index (χ0n) is 10.4. The summed E-state index contributed by atoms with van der Waals surface area (Å²) in [5.74, 6) is 0. The first-order valence-electron chi connectivity index (χ1n) is 5.43. The van der Waals surface area contributed by atoms with E-state index in [2.05, 4.69) is 5.32 Å². The minimum atomic E-state index is -3.41. The molecule has 0 aromatic heterocycles. The zero-order chi connectivity index (χ0) is 13.8. The summed E-state index contributed by atoms with van der Waals surface area (Å²) in [6.45, 7) is -0.115. The molecule has 0 aliphatic rings. The fourth-order valence-electron chi connectivity index (χ4n) is 1.26. The Morgan fingerprint density at radius 3 is 2.28 bits per heavy atom. The Kier molecular flexibility index (Phi) is 5.09. The molecule has 1 aromatic rings. The smallest absolute Gasteiger partial charge is 0.242 e. The van der Waals surface area contributed by atoms with Gasteiger partial charge in [0.1, 0.15) is 0 Å². The fourth-order valence-corrected chi connectivity index (χ4v) is 2.16. The molecule has 3 N–H and O–H groups in total. The van der Waals surface area contributed by atoms with Crippen molar-refractivity contribution in [3.63, 3.8) is 0 Å². The number of aliphatic hydroxyl groups excluding tert-OH is 2. The number of benzene rings is 1. The Labute approximate surface area is 107 Å². The lowest BCUT2D eigenvalue weighted by Crippen LogP contribution is -2.23. The van der Waals surface area contributed by atoms with Gasteiger partial charge in [0.05, 0.1) is 17.6 Å². The first-order valence-corrected chi connectivity index (χ1v) is 6.87. The van der Waals surface area contributed by atoms with Crippen molar-refractivity contribution in [2.24, 2.45) is 0 Å². The predicted octanol–water partition coefficient (Wildman–Crippen LogP) is -0.298. The van der Waals surface area contributed by atoms with Gasteiger partial charge in [-0.2, -0.15) is 0 Å². The second kappa shape index (κ2) is 6.14. The van der Waals surface area contributed by atoms with E-state index in [-0.39, 0.29) is 18.0 Å². The molecule has 0 aliphatic heterocycles. The van der Waals surface area contributed by atoms with Crippen LogP contribution in [0.4, 0.5) is 5.69 Å². The minimum Gasteiger partial charge on any atom is -0.394 e. The SMILES string of the molecule is CN(C)S(=O)(=O)c1ccc(NCC(O)CO)cc1. The van der Waals surface area contributed by atoms with Crippen LogP contribution in [0.25, 0.3) is 0 Å². The van der Waals surface area contributed by atoms with E-state index in [1.165, 1.54) is 26.2 Å². The summed E-state index contributed by atoms with van der Waals surface area (Å²) in [5, 5.41) is 20.7. The molecule has 102 valence electrons. The number of hydrogen-bond donors (Lipinski definition) is 3. The van der Waals surface area contributed by atoms with Crippen molar-refractivity contribution in [2.45, 2.75) is 11.0 Å². The van der Waals surface area contributed by atoms with Gasteiger partial charge in [0.15, 0.2) is 0 Å². The predicted molar refractivity (Wildman–Crippen MR) is 68.9 cm³/mol. The van der Waals surface area contributed by atoms with E-state index in [0.29, 0.717) is 5.69 Å². The Balaban J connectivity index is 2.75. The van der Waals surface area contributed by atoms with Crippen LogP contribution in [-0.4, -0.2) is 56.3 Å². The first-order chi connectivity index (χ1) is 8.37. The molecule has 0 radical (unpaired) electrons. The second-order valence-corrected chi connectivity index (χ2v) is 6.18. The van der Waals surface area contributed by atoms with Gasteiger partial charge in [-0.1, -0.05) is 0 Å². The number of rotatable bonds is 6. The lowest BCUT2D eigenvalue weighted by molar-refractivity contribution is 0.105. The average molecular weight is 274 g/mol. The van der Waals surface area contributed by atoms with E-state index in [4.69, 9.17) is 10.2 Å². The molecule has 0 heterocycles. The lowest BCUT2D eigenvalue weighted by Gasteiger charge is -2.13. The summed E-state index contributed by atoms with van der Waals surface area (Å²) in [6, 6.07) is 6.20. The van der Waals surface area contributed by atoms with Crippen molar-refractivity contribution in [3.05, 3.63) is 24.3 Å². The van der Waals surface area contributed by atoms with Gasteiger partial charge in [-0.3, -0.25) is 0 Å². The topological polar surface area (TPSA) is 89.9 Å². The maximum atomic E-state index is 11.8. The van der Waals surface area contributed by atoms with Crippen molar-refractivity contribution in [1.29, 1.82) is 0 Å². The van der Waals surface area contributed by atoms with Crippen molar-refractivity contribution in [3.8, 4) is 0 Å². The van der Waals surface area contributed by atoms with Crippen molar-refractivity contribution < 1.29 is 18.6 Å². The molecule has 0 spiro atoms. The van der Waals surface area contributed by atoms with Crippen LogP contribution in [0.1, 0.15) is 0 Å². The highest BCUT2D eigenvalue weighted by atomic mass is 32.2. The molecule has 1 rings (SSSR count). The van der Waals surface area contributed by atoms with Gasteiger partial charge in [0.2, 0.25) is 10.0 Å². The number of anilines is 1. The fraction of sp³-hybridized carbons (Fsp3) is 0.455. The highest BCUT2D eigenvalue weighted by Crippen LogP contribution is 2.16. The quantitative estimate of drug-likeness (QED) is 0.663. The molecule has 1 unspecified atom stereocenters. The normalized spacial score (nSPS) is 13.6. The highest BCUT2D eigenvalue weighted by molar-refractivity contribution is 7.89. The molecule has 0 saturated carbocycles. The molecular weight excluding hydrogens is 256 g/mol. The molecule has 6 nitrogen and oxygen atoms in total. The Hall–Kier alpha value is -1.15. The van der Waals surface area contributed by atoms with Gasteiger partial charge in [-0.05, 0) is 24.3 Å². The van der Waals surface area contributed by atoms with Crippen molar-refractivity contribution in [1.82, 2.24) is 4.31 Å². The molecule has 0 amide bonds. The summed E-state index contributed by atoms with van der Waals surface area (Å²) in [7, 11) is -0.471. The monoisotopic (exact) mass is 274 g/mol. The molecule has 0 saturated heterocycles. The van der Waals surface area contributed by atoms with Crippen LogP contribution in [-0.2, 0) is 10.0 Å². The van der Waals surface area contributed by atoms with E-state index in [1.54, 1.807) is 12.1 Å². The van der Waals surface area contributed by atoms with Crippen LogP contribution in [0.15, 0.2) is 29.2 Å². The van der Waals surface area contributed by atoms with E-state index >= 15 is 0 Å². The van der Waals surface area contributed by atoms with Gasteiger partial charge < -0.3 is 15.5 Å². The molecule has 18 heavy (non-hydrogen) atoms. The van der Waals surface area contributed by atoms with E-state index < -0.39 is 16.1 Å². The summed E-state index contributed by atoms with van der Waals surface area (Å²) in [4.78, 5) is 0.209. The van der Waals surface area contributed by atoms with Crippen LogP contribution in [0, 0.1) is 0 Å². The van der Waals surface area contributed by atoms with Gasteiger partial charge in [-0.15, -0.1) is 0 Å². The Morgan fingerprint density at radius 1 is 1.28 bits per heavy atom. The third kappa shape index (κ3) is 3.67. The van der Waals surface area contributed by atoms with Gasteiger partial charge in [0, 0.05) is 26.3 Å². The molecule has 1 atom stereocenters. The number of hydrogen-bond acceptors (Lipinski definition) is 5. The minimum absolute atomic E-state index is 0.205. The van der Waals surface area contributed by atoms with Gasteiger partial charge >= 0.3 is 0 Å². The Morgan fingerprint density at radius 2 is 1.83 bits per heavy atom. The summed E-state index contributed by atoms with van der Waals surface area (Å²) in [5.41, 5.74) is 0.681. The average Bonchev–Trinajstić information content (AvgIpc) is 2.36. The first kappa shape index (κ1) is 14.9. The summed E-state index contributed by atoms with van der Waals surface area (Å²) >= 11 is 0. The molecular formula is C11H18N2O4S. The third-order valence-corrected chi connectivity index (χ3v) is 4.21. The summed E-state index contributed by atoms with van der Waals surface area (Å²) in [6.07, 6.45) is -0.838. The number of nitrogens with zero attached hydrogens (tertiary/aromatic N) is 1. The van der Waals surface area contributed by atoms with Gasteiger partial charge in [0.25, 0.3) is 0 Å². The molecule has 1 aromatic carbocycles. The van der Waals surface area contributed by atoms with E-state index in [0.717, 1.165) is 4.31 Å². The highest BCUT2D eigenvalue weighted by Gasteiger charge is 2.16. The second-order valence-electron chi connectivity index (χ2n) is 4.03. The summed E-state index contributed by atoms with van der Waals surface area (Å²) < 4.78 is 24.7. The largest absolute Gasteiger partial charge is 0.394 e. The molecule has 0 fully saturated rings.